The van der Waals surface area contributed by atoms with Crippen molar-refractivity contribution in [2.75, 3.05) is 31.1 Å². The van der Waals surface area contributed by atoms with Gasteiger partial charge in [0.1, 0.15) is 11.6 Å². The molecule has 1 amide bonds. The van der Waals surface area contributed by atoms with Crippen LogP contribution in [0.2, 0.25) is 5.02 Å². The van der Waals surface area contributed by atoms with Gasteiger partial charge in [-0.2, -0.15) is 0 Å². The smallest absolute Gasteiger partial charge is 0.411 e. The fourth-order valence-corrected chi connectivity index (χ4v) is 3.71. The average molecular weight is 395 g/mol. The van der Waals surface area contributed by atoms with E-state index in [1.165, 1.54) is 41.3 Å². The molecule has 144 valence electrons. The zero-order valence-corrected chi connectivity index (χ0v) is 15.7. The molecular formula is C20H21ClF2N2O2. The number of carboxylic acid groups (broad SMARTS) is 1. The van der Waals surface area contributed by atoms with Gasteiger partial charge in [0.2, 0.25) is 0 Å². The van der Waals surface area contributed by atoms with Gasteiger partial charge in [-0.05, 0) is 61.3 Å². The van der Waals surface area contributed by atoms with E-state index in [4.69, 9.17) is 11.6 Å². The van der Waals surface area contributed by atoms with Crippen molar-refractivity contribution in [3.05, 3.63) is 53.1 Å². The second-order valence-corrected chi connectivity index (χ2v) is 7.14. The van der Waals surface area contributed by atoms with Crippen LogP contribution >= 0.6 is 11.6 Å². The highest BCUT2D eigenvalue weighted by atomic mass is 35.5. The van der Waals surface area contributed by atoms with Gasteiger partial charge in [-0.3, -0.25) is 4.90 Å². The Morgan fingerprint density at radius 3 is 2.70 bits per heavy atom. The molecule has 0 radical (unpaired) electrons. The monoisotopic (exact) mass is 394 g/mol. The van der Waals surface area contributed by atoms with E-state index in [1.807, 2.05) is 0 Å². The van der Waals surface area contributed by atoms with Crippen LogP contribution in [0.15, 0.2) is 36.4 Å². The van der Waals surface area contributed by atoms with Crippen molar-refractivity contribution in [1.29, 1.82) is 0 Å². The third-order valence-electron chi connectivity index (χ3n) is 4.97. The molecule has 1 atom stereocenters. The Labute approximate surface area is 162 Å². The molecular weight excluding hydrogens is 374 g/mol. The van der Waals surface area contributed by atoms with Crippen molar-refractivity contribution < 1.29 is 18.7 Å². The van der Waals surface area contributed by atoms with E-state index in [0.717, 1.165) is 26.1 Å². The first-order chi connectivity index (χ1) is 12.9. The Morgan fingerprint density at radius 2 is 2.07 bits per heavy atom. The predicted molar refractivity (Wildman–Crippen MR) is 102 cm³/mol. The van der Waals surface area contributed by atoms with Crippen molar-refractivity contribution in [2.45, 2.75) is 13.3 Å². The molecule has 1 fully saturated rings. The number of hydrogen-bond acceptors (Lipinski definition) is 2. The lowest BCUT2D eigenvalue weighted by atomic mass is 10.0. The lowest BCUT2D eigenvalue weighted by Crippen LogP contribution is -2.35. The van der Waals surface area contributed by atoms with Gasteiger partial charge in [0.25, 0.3) is 0 Å². The zero-order valence-electron chi connectivity index (χ0n) is 15.0. The molecule has 1 unspecified atom stereocenters. The summed E-state index contributed by atoms with van der Waals surface area (Å²) in [6.45, 7) is 5.10. The molecule has 0 spiro atoms. The number of likely N-dealkylation sites (tertiary alicyclic amines) is 1. The molecule has 0 aliphatic carbocycles. The first-order valence-corrected chi connectivity index (χ1v) is 9.24. The number of benzene rings is 2. The molecule has 1 N–H and O–H groups in total. The van der Waals surface area contributed by atoms with Gasteiger partial charge in [-0.1, -0.05) is 24.6 Å². The van der Waals surface area contributed by atoms with Crippen LogP contribution in [0.4, 0.5) is 19.3 Å². The highest BCUT2D eigenvalue weighted by Gasteiger charge is 2.27. The normalized spacial score (nSPS) is 17.3. The molecule has 0 bridgehead atoms. The van der Waals surface area contributed by atoms with Crippen molar-refractivity contribution >= 4 is 23.4 Å². The van der Waals surface area contributed by atoms with E-state index in [9.17, 15) is 18.7 Å². The fraction of sp³-hybridized carbons (Fsp3) is 0.350. The standard InChI is InChI=1S/C20H21ClF2N2O2/c1-2-24-8-7-13(11-24)12-25(20(26)27)19-6-4-15(22)10-16(19)14-3-5-18(23)17(21)9-14/h3-6,9-10,13H,2,7-8,11-12H2,1H3,(H,26,27). The fourth-order valence-electron chi connectivity index (χ4n) is 3.53. The maximum atomic E-state index is 13.9. The van der Waals surface area contributed by atoms with Gasteiger partial charge in [0.05, 0.1) is 10.7 Å². The Kier molecular flexibility index (Phi) is 5.97. The third-order valence-corrected chi connectivity index (χ3v) is 5.26. The van der Waals surface area contributed by atoms with Gasteiger partial charge in [0.15, 0.2) is 0 Å². The van der Waals surface area contributed by atoms with Gasteiger partial charge in [0, 0.05) is 18.7 Å². The highest BCUT2D eigenvalue weighted by Crippen LogP contribution is 2.35. The van der Waals surface area contributed by atoms with E-state index in [1.54, 1.807) is 0 Å². The van der Waals surface area contributed by atoms with Gasteiger partial charge < -0.3 is 10.0 Å². The van der Waals surface area contributed by atoms with Crippen molar-refractivity contribution in [3.63, 3.8) is 0 Å². The van der Waals surface area contributed by atoms with Crippen LogP contribution < -0.4 is 4.90 Å². The Bertz CT molecular complexity index is 847. The summed E-state index contributed by atoms with van der Waals surface area (Å²) in [5, 5.41) is 9.68. The molecule has 4 nitrogen and oxygen atoms in total. The summed E-state index contributed by atoms with van der Waals surface area (Å²) < 4.78 is 27.4. The maximum Gasteiger partial charge on any atom is 0.411 e. The van der Waals surface area contributed by atoms with E-state index in [0.29, 0.717) is 23.4 Å². The molecule has 7 heteroatoms. The molecule has 0 aromatic heterocycles. The number of rotatable bonds is 5. The van der Waals surface area contributed by atoms with Crippen LogP contribution in [-0.4, -0.2) is 42.3 Å². The van der Waals surface area contributed by atoms with E-state index in [2.05, 4.69) is 11.8 Å². The van der Waals surface area contributed by atoms with Crippen LogP contribution in [0.3, 0.4) is 0 Å². The van der Waals surface area contributed by atoms with Gasteiger partial charge in [-0.25, -0.2) is 13.6 Å². The minimum Gasteiger partial charge on any atom is -0.465 e. The Hall–Kier alpha value is -2.18. The largest absolute Gasteiger partial charge is 0.465 e. The van der Waals surface area contributed by atoms with Gasteiger partial charge >= 0.3 is 6.09 Å². The van der Waals surface area contributed by atoms with E-state index in [-0.39, 0.29) is 10.9 Å². The summed E-state index contributed by atoms with van der Waals surface area (Å²) in [6, 6.07) is 7.96. The second kappa shape index (κ2) is 8.23. The quantitative estimate of drug-likeness (QED) is 0.766. The molecule has 2 aromatic rings. The van der Waals surface area contributed by atoms with Crippen LogP contribution in [0, 0.1) is 17.6 Å². The molecule has 27 heavy (non-hydrogen) atoms. The first-order valence-electron chi connectivity index (χ1n) is 8.86. The zero-order chi connectivity index (χ0) is 19.6. The average Bonchev–Trinajstić information content (AvgIpc) is 3.10. The SMILES string of the molecule is CCN1CCC(CN(C(=O)O)c2ccc(F)cc2-c2ccc(F)c(Cl)c2)C1. The minimum atomic E-state index is -1.11. The summed E-state index contributed by atoms with van der Waals surface area (Å²) in [7, 11) is 0. The van der Waals surface area contributed by atoms with Crippen molar-refractivity contribution in [2.24, 2.45) is 5.92 Å². The number of hydrogen-bond donors (Lipinski definition) is 1. The molecule has 1 heterocycles. The maximum absolute atomic E-state index is 13.9. The number of anilines is 1. The first kappa shape index (κ1) is 19.6. The summed E-state index contributed by atoms with van der Waals surface area (Å²) >= 11 is 5.86. The summed E-state index contributed by atoms with van der Waals surface area (Å²) in [6.07, 6.45) is -0.192. The summed E-state index contributed by atoms with van der Waals surface area (Å²) in [4.78, 5) is 15.5. The molecule has 1 aliphatic heterocycles. The predicted octanol–water partition coefficient (Wildman–Crippen LogP) is 5.11. The minimum absolute atomic E-state index is 0.0982. The molecule has 2 aromatic carbocycles. The number of amides is 1. The van der Waals surface area contributed by atoms with Crippen LogP contribution in [-0.2, 0) is 0 Å². The number of halogens is 3. The van der Waals surface area contributed by atoms with Crippen LogP contribution in [0.5, 0.6) is 0 Å². The lowest BCUT2D eigenvalue weighted by Gasteiger charge is -2.25. The molecule has 1 aliphatic rings. The number of carbonyl (C=O) groups is 1. The Morgan fingerprint density at radius 1 is 1.30 bits per heavy atom. The van der Waals surface area contributed by atoms with Crippen LogP contribution in [0.1, 0.15) is 13.3 Å². The van der Waals surface area contributed by atoms with Crippen molar-refractivity contribution in [3.8, 4) is 11.1 Å². The topological polar surface area (TPSA) is 43.8 Å². The van der Waals surface area contributed by atoms with Gasteiger partial charge in [-0.15, -0.1) is 0 Å². The third kappa shape index (κ3) is 4.39. The highest BCUT2D eigenvalue weighted by molar-refractivity contribution is 6.31. The lowest BCUT2D eigenvalue weighted by molar-refractivity contribution is 0.200. The molecule has 1 saturated heterocycles. The Balaban J connectivity index is 1.97. The van der Waals surface area contributed by atoms with Crippen molar-refractivity contribution in [1.82, 2.24) is 4.90 Å². The number of nitrogens with zero attached hydrogens (tertiary/aromatic N) is 2. The van der Waals surface area contributed by atoms with Crippen LogP contribution in [0.25, 0.3) is 11.1 Å². The molecule has 3 rings (SSSR count). The summed E-state index contributed by atoms with van der Waals surface area (Å²) in [5.74, 6) is -0.882. The summed E-state index contributed by atoms with van der Waals surface area (Å²) in [5.41, 5.74) is 1.19. The van der Waals surface area contributed by atoms with E-state index < -0.39 is 17.7 Å². The van der Waals surface area contributed by atoms with E-state index >= 15 is 0 Å². The second-order valence-electron chi connectivity index (χ2n) is 6.73. The molecule has 0 saturated carbocycles.